The highest BCUT2D eigenvalue weighted by Crippen LogP contribution is 2.38. The number of benzene rings is 2. The Bertz CT molecular complexity index is 918. The molecule has 0 bridgehead atoms. The molecule has 0 saturated carbocycles. The third-order valence-electron chi connectivity index (χ3n) is 6.79. The van der Waals surface area contributed by atoms with Gasteiger partial charge in [-0.3, -0.25) is 9.69 Å². The first-order chi connectivity index (χ1) is 15.1. The van der Waals surface area contributed by atoms with Crippen molar-refractivity contribution in [3.8, 4) is 11.1 Å². The molecule has 1 aliphatic heterocycles. The second-order valence-electron chi connectivity index (χ2n) is 10.4. The number of aryl methyl sites for hydroxylation is 1. The molecule has 0 radical (unpaired) electrons. The van der Waals surface area contributed by atoms with E-state index in [1.54, 1.807) is 13.0 Å². The molecule has 2 aromatic carbocycles. The number of carbonyl (C=O) groups is 1. The molecule has 32 heavy (non-hydrogen) atoms. The van der Waals surface area contributed by atoms with Crippen LogP contribution in [0, 0.1) is 18.7 Å². The number of nitrogens with one attached hydrogen (secondary N) is 1. The van der Waals surface area contributed by atoms with Crippen molar-refractivity contribution in [1.82, 2.24) is 10.2 Å². The molecule has 1 heterocycles. The molecule has 1 amide bonds. The molecule has 1 aliphatic rings. The van der Waals surface area contributed by atoms with Crippen molar-refractivity contribution in [2.75, 3.05) is 19.6 Å². The van der Waals surface area contributed by atoms with Gasteiger partial charge in [-0.15, -0.1) is 0 Å². The van der Waals surface area contributed by atoms with Gasteiger partial charge in [0, 0.05) is 31.1 Å². The first-order valence-corrected chi connectivity index (χ1v) is 12.0. The SMILES string of the molecule is CC(=O)NCCC[C@@H](c1ccc(F)c(-c2cccc(C)c2)c1)[C@@H]1CCCN(C(C)(C)C)C1. The first kappa shape index (κ1) is 24.4. The van der Waals surface area contributed by atoms with Crippen LogP contribution in [0.1, 0.15) is 70.4 Å². The minimum Gasteiger partial charge on any atom is -0.356 e. The van der Waals surface area contributed by atoms with Crippen molar-refractivity contribution in [1.29, 1.82) is 0 Å². The number of nitrogens with zero attached hydrogens (tertiary/aromatic N) is 1. The largest absolute Gasteiger partial charge is 0.356 e. The predicted molar refractivity (Wildman–Crippen MR) is 131 cm³/mol. The lowest BCUT2D eigenvalue weighted by molar-refractivity contribution is -0.118. The summed E-state index contributed by atoms with van der Waals surface area (Å²) >= 11 is 0. The van der Waals surface area contributed by atoms with E-state index < -0.39 is 0 Å². The van der Waals surface area contributed by atoms with E-state index in [2.05, 4.69) is 43.1 Å². The highest BCUT2D eigenvalue weighted by molar-refractivity contribution is 5.72. The smallest absolute Gasteiger partial charge is 0.216 e. The van der Waals surface area contributed by atoms with Gasteiger partial charge in [-0.2, -0.15) is 0 Å². The van der Waals surface area contributed by atoms with Gasteiger partial charge in [-0.25, -0.2) is 4.39 Å². The van der Waals surface area contributed by atoms with E-state index in [9.17, 15) is 9.18 Å². The number of rotatable bonds is 7. The second-order valence-corrected chi connectivity index (χ2v) is 10.4. The minimum absolute atomic E-state index is 0.0154. The van der Waals surface area contributed by atoms with Crippen LogP contribution in [-0.4, -0.2) is 36.0 Å². The molecule has 4 heteroatoms. The molecule has 2 aromatic rings. The van der Waals surface area contributed by atoms with Crippen LogP contribution in [0.4, 0.5) is 4.39 Å². The van der Waals surface area contributed by atoms with Gasteiger partial charge in [-0.05, 0) is 95.0 Å². The van der Waals surface area contributed by atoms with Gasteiger partial charge in [0.05, 0.1) is 0 Å². The zero-order chi connectivity index (χ0) is 23.3. The van der Waals surface area contributed by atoms with E-state index in [1.807, 2.05) is 31.2 Å². The summed E-state index contributed by atoms with van der Waals surface area (Å²) in [5, 5.41) is 2.93. The summed E-state index contributed by atoms with van der Waals surface area (Å²) < 4.78 is 14.9. The summed E-state index contributed by atoms with van der Waals surface area (Å²) in [6.07, 6.45) is 4.29. The summed E-state index contributed by atoms with van der Waals surface area (Å²) in [4.78, 5) is 13.9. The molecule has 1 fully saturated rings. The highest BCUT2D eigenvalue weighted by atomic mass is 19.1. The lowest BCUT2D eigenvalue weighted by atomic mass is 9.77. The Labute approximate surface area is 193 Å². The molecule has 0 aromatic heterocycles. The maximum atomic E-state index is 14.9. The van der Waals surface area contributed by atoms with Gasteiger partial charge in [0.2, 0.25) is 5.91 Å². The molecule has 0 aliphatic carbocycles. The van der Waals surface area contributed by atoms with Gasteiger partial charge in [0.15, 0.2) is 0 Å². The molecular weight excluding hydrogens is 399 g/mol. The maximum Gasteiger partial charge on any atom is 0.216 e. The molecule has 0 spiro atoms. The second kappa shape index (κ2) is 10.6. The number of amides is 1. The van der Waals surface area contributed by atoms with E-state index in [0.29, 0.717) is 23.9 Å². The lowest BCUT2D eigenvalue weighted by Gasteiger charge is -2.44. The van der Waals surface area contributed by atoms with Crippen LogP contribution in [0.25, 0.3) is 11.1 Å². The fourth-order valence-electron chi connectivity index (χ4n) is 5.02. The van der Waals surface area contributed by atoms with Crippen molar-refractivity contribution in [2.24, 2.45) is 5.92 Å². The van der Waals surface area contributed by atoms with Crippen molar-refractivity contribution < 1.29 is 9.18 Å². The van der Waals surface area contributed by atoms with E-state index in [0.717, 1.165) is 37.1 Å². The summed E-state index contributed by atoms with van der Waals surface area (Å²) in [5.74, 6) is 0.715. The quantitative estimate of drug-likeness (QED) is 0.514. The number of carbonyl (C=O) groups excluding carboxylic acids is 1. The lowest BCUT2D eigenvalue weighted by Crippen LogP contribution is -2.48. The minimum atomic E-state index is -0.170. The van der Waals surface area contributed by atoms with Crippen molar-refractivity contribution >= 4 is 5.91 Å². The monoisotopic (exact) mass is 438 g/mol. The fraction of sp³-hybridized carbons (Fsp3) is 0.536. The number of likely N-dealkylation sites (tertiary alicyclic amines) is 1. The fourth-order valence-corrected chi connectivity index (χ4v) is 5.02. The van der Waals surface area contributed by atoms with Crippen molar-refractivity contribution in [3.63, 3.8) is 0 Å². The Hall–Kier alpha value is -2.20. The predicted octanol–water partition coefficient (Wildman–Crippen LogP) is 6.31. The summed E-state index contributed by atoms with van der Waals surface area (Å²) in [6, 6.07) is 13.8. The van der Waals surface area contributed by atoms with Gasteiger partial charge < -0.3 is 5.32 Å². The summed E-state index contributed by atoms with van der Waals surface area (Å²) in [6.45, 7) is 13.3. The Morgan fingerprint density at radius 1 is 1.22 bits per heavy atom. The molecule has 174 valence electrons. The Balaban J connectivity index is 1.90. The van der Waals surface area contributed by atoms with Crippen LogP contribution in [0.5, 0.6) is 0 Å². The number of hydrogen-bond donors (Lipinski definition) is 1. The molecule has 0 unspecified atom stereocenters. The number of halogens is 1. The topological polar surface area (TPSA) is 32.3 Å². The van der Waals surface area contributed by atoms with E-state index in [-0.39, 0.29) is 17.3 Å². The van der Waals surface area contributed by atoms with Gasteiger partial charge >= 0.3 is 0 Å². The van der Waals surface area contributed by atoms with Gasteiger partial charge in [0.25, 0.3) is 0 Å². The maximum absolute atomic E-state index is 14.9. The van der Waals surface area contributed by atoms with Crippen LogP contribution in [0.2, 0.25) is 0 Å². The number of hydrogen-bond acceptors (Lipinski definition) is 2. The third-order valence-corrected chi connectivity index (χ3v) is 6.79. The average Bonchev–Trinajstić information content (AvgIpc) is 2.74. The number of piperidine rings is 1. The Morgan fingerprint density at radius 3 is 2.69 bits per heavy atom. The zero-order valence-electron chi connectivity index (χ0n) is 20.4. The van der Waals surface area contributed by atoms with E-state index >= 15 is 0 Å². The third kappa shape index (κ3) is 6.41. The van der Waals surface area contributed by atoms with Gasteiger partial charge in [-0.1, -0.05) is 35.9 Å². The van der Waals surface area contributed by atoms with Crippen molar-refractivity contribution in [3.05, 3.63) is 59.4 Å². The molecule has 1 N–H and O–H groups in total. The molecule has 2 atom stereocenters. The van der Waals surface area contributed by atoms with Crippen LogP contribution in [-0.2, 0) is 4.79 Å². The highest BCUT2D eigenvalue weighted by Gasteiger charge is 2.32. The van der Waals surface area contributed by atoms with Crippen LogP contribution < -0.4 is 5.32 Å². The zero-order valence-corrected chi connectivity index (χ0v) is 20.4. The average molecular weight is 439 g/mol. The first-order valence-electron chi connectivity index (χ1n) is 12.0. The summed E-state index contributed by atoms with van der Waals surface area (Å²) in [5.41, 5.74) is 4.11. The van der Waals surface area contributed by atoms with E-state index in [1.165, 1.54) is 18.4 Å². The Kier molecular flexibility index (Phi) is 8.10. The molecule has 1 saturated heterocycles. The van der Waals surface area contributed by atoms with Crippen LogP contribution >= 0.6 is 0 Å². The van der Waals surface area contributed by atoms with Crippen LogP contribution in [0.15, 0.2) is 42.5 Å². The normalized spacial score (nSPS) is 18.4. The van der Waals surface area contributed by atoms with Crippen LogP contribution in [0.3, 0.4) is 0 Å². The van der Waals surface area contributed by atoms with Gasteiger partial charge in [0.1, 0.15) is 5.82 Å². The standard InChI is InChI=1S/C28H39FN2O/c1-20-9-6-10-22(17-20)26-18-23(13-14-27(26)29)25(12-7-15-30-21(2)32)24-11-8-16-31(19-24)28(3,4)5/h6,9-10,13-14,17-18,24-25H,7-8,11-12,15-16,19H2,1-5H3,(H,30,32)/t24-,25+/m1/s1. The van der Waals surface area contributed by atoms with E-state index in [4.69, 9.17) is 0 Å². The molecule has 3 rings (SSSR count). The summed E-state index contributed by atoms with van der Waals surface area (Å²) in [7, 11) is 0. The molecular formula is C28H39FN2O. The Morgan fingerprint density at radius 2 is 2.00 bits per heavy atom. The molecule has 3 nitrogen and oxygen atoms in total. The van der Waals surface area contributed by atoms with Crippen molar-refractivity contribution in [2.45, 2.75) is 71.8 Å².